The molecule has 2 aliphatic heterocycles. The lowest BCUT2D eigenvalue weighted by atomic mass is 10.0. The highest BCUT2D eigenvalue weighted by Crippen LogP contribution is 2.22. The van der Waals surface area contributed by atoms with Crippen molar-refractivity contribution in [1.82, 2.24) is 5.32 Å². The first kappa shape index (κ1) is 10.4. The van der Waals surface area contributed by atoms with Gasteiger partial charge in [0.05, 0.1) is 6.54 Å². The van der Waals surface area contributed by atoms with Gasteiger partial charge in [-0.15, -0.1) is 0 Å². The predicted molar refractivity (Wildman–Crippen MR) is 70.0 cm³/mol. The minimum atomic E-state index is 0.656. The van der Waals surface area contributed by atoms with Crippen LogP contribution in [0.4, 0.5) is 5.69 Å². The molecule has 3 N–H and O–H groups in total. The van der Waals surface area contributed by atoms with Gasteiger partial charge in [-0.05, 0) is 36.2 Å². The largest absolute Gasteiger partial charge is 0.386 e. The molecule has 2 aliphatic rings. The minimum absolute atomic E-state index is 0.656. The molecule has 0 bridgehead atoms. The molecule has 0 spiro atoms. The molecule has 0 radical (unpaired) electrons. The van der Waals surface area contributed by atoms with Crippen molar-refractivity contribution in [2.24, 2.45) is 10.7 Å². The topological polar surface area (TPSA) is 53.6 Å². The average Bonchev–Trinajstić information content (AvgIpc) is 2.38. The fourth-order valence-electron chi connectivity index (χ4n) is 2.30. The highest BCUT2D eigenvalue weighted by atomic mass is 15.2. The smallest absolute Gasteiger partial charge is 0.119 e. The number of hydrogen-bond donors (Lipinski definition) is 2. The molecule has 0 aliphatic carbocycles. The number of rotatable bonds is 1. The molecule has 17 heavy (non-hydrogen) atoms. The lowest BCUT2D eigenvalue weighted by molar-refractivity contribution is 0.644. The van der Waals surface area contributed by atoms with Crippen molar-refractivity contribution in [3.05, 3.63) is 41.7 Å². The molecular weight excluding hydrogens is 212 g/mol. The summed E-state index contributed by atoms with van der Waals surface area (Å²) in [6.07, 6.45) is 4.83. The quantitative estimate of drug-likeness (QED) is 0.753. The summed E-state index contributed by atoms with van der Waals surface area (Å²) in [6.45, 7) is 2.71. The second-order valence-electron chi connectivity index (χ2n) is 4.43. The van der Waals surface area contributed by atoms with Crippen molar-refractivity contribution in [1.29, 1.82) is 0 Å². The number of aliphatic imine (C=N–C) groups is 1. The van der Waals surface area contributed by atoms with Crippen molar-refractivity contribution < 1.29 is 0 Å². The molecule has 0 atom stereocenters. The summed E-state index contributed by atoms with van der Waals surface area (Å²) in [7, 11) is 0. The SMILES string of the molecule is NC1=NC=CN(c2ccc3c(c2)CNCC3)C1. The lowest BCUT2D eigenvalue weighted by Crippen LogP contribution is -2.32. The standard InChI is InChI=1S/C13H16N4/c14-13-9-17(6-5-16-13)12-2-1-10-3-4-15-8-11(10)7-12/h1-2,5-7,15H,3-4,8-9H2,(H2,14,16). The zero-order valence-electron chi connectivity index (χ0n) is 9.69. The van der Waals surface area contributed by atoms with Crippen LogP contribution in [-0.4, -0.2) is 18.9 Å². The Morgan fingerprint density at radius 2 is 2.24 bits per heavy atom. The van der Waals surface area contributed by atoms with E-state index in [2.05, 4.69) is 33.4 Å². The Kier molecular flexibility index (Phi) is 2.57. The lowest BCUT2D eigenvalue weighted by Gasteiger charge is -2.25. The Morgan fingerprint density at radius 1 is 1.29 bits per heavy atom. The fourth-order valence-corrected chi connectivity index (χ4v) is 2.30. The Balaban J connectivity index is 1.89. The molecule has 4 heteroatoms. The van der Waals surface area contributed by atoms with Gasteiger partial charge in [0, 0.05) is 24.6 Å². The first-order chi connectivity index (χ1) is 8.33. The summed E-state index contributed by atoms with van der Waals surface area (Å²) >= 11 is 0. The van der Waals surface area contributed by atoms with E-state index in [4.69, 9.17) is 5.73 Å². The molecule has 2 heterocycles. The molecule has 1 aromatic carbocycles. The van der Waals surface area contributed by atoms with Gasteiger partial charge in [0.25, 0.3) is 0 Å². The maximum atomic E-state index is 5.75. The van der Waals surface area contributed by atoms with E-state index in [0.717, 1.165) is 19.5 Å². The zero-order chi connectivity index (χ0) is 11.7. The molecule has 0 fully saturated rings. The van der Waals surface area contributed by atoms with E-state index < -0.39 is 0 Å². The first-order valence-corrected chi connectivity index (χ1v) is 5.91. The highest BCUT2D eigenvalue weighted by Gasteiger charge is 2.13. The van der Waals surface area contributed by atoms with Crippen molar-refractivity contribution in [3.63, 3.8) is 0 Å². The Labute approximate surface area is 101 Å². The summed E-state index contributed by atoms with van der Waals surface area (Å²) in [5.41, 5.74) is 9.77. The van der Waals surface area contributed by atoms with E-state index in [9.17, 15) is 0 Å². The number of nitrogens with one attached hydrogen (secondary N) is 1. The summed E-state index contributed by atoms with van der Waals surface area (Å²) in [6, 6.07) is 6.62. The van der Waals surface area contributed by atoms with Gasteiger partial charge in [-0.1, -0.05) is 6.07 Å². The summed E-state index contributed by atoms with van der Waals surface area (Å²) in [4.78, 5) is 6.18. The molecule has 88 valence electrons. The third kappa shape index (κ3) is 2.03. The van der Waals surface area contributed by atoms with Crippen molar-refractivity contribution in [2.75, 3.05) is 18.0 Å². The minimum Gasteiger partial charge on any atom is -0.386 e. The molecule has 0 amide bonds. The number of nitrogens with zero attached hydrogens (tertiary/aromatic N) is 2. The Hall–Kier alpha value is -1.81. The van der Waals surface area contributed by atoms with Gasteiger partial charge in [-0.25, -0.2) is 4.99 Å². The predicted octanol–water partition coefficient (Wildman–Crippen LogP) is 0.981. The van der Waals surface area contributed by atoms with Crippen LogP contribution in [0.5, 0.6) is 0 Å². The Bertz CT molecular complexity index is 490. The van der Waals surface area contributed by atoms with Gasteiger partial charge in [0.1, 0.15) is 5.84 Å². The summed E-state index contributed by atoms with van der Waals surface area (Å²) < 4.78 is 0. The number of anilines is 1. The molecule has 3 rings (SSSR count). The van der Waals surface area contributed by atoms with Crippen LogP contribution in [0.2, 0.25) is 0 Å². The van der Waals surface area contributed by atoms with Crippen molar-refractivity contribution in [3.8, 4) is 0 Å². The molecule has 1 aromatic rings. The normalized spacial score (nSPS) is 18.8. The second kappa shape index (κ2) is 4.22. The monoisotopic (exact) mass is 228 g/mol. The van der Waals surface area contributed by atoms with Crippen LogP contribution in [0, 0.1) is 0 Å². The average molecular weight is 228 g/mol. The van der Waals surface area contributed by atoms with E-state index in [1.807, 2.05) is 6.20 Å². The number of fused-ring (bicyclic) bond motifs is 1. The van der Waals surface area contributed by atoms with Gasteiger partial charge in [0.2, 0.25) is 0 Å². The van der Waals surface area contributed by atoms with Gasteiger partial charge < -0.3 is 16.0 Å². The Morgan fingerprint density at radius 3 is 3.12 bits per heavy atom. The summed E-state index contributed by atoms with van der Waals surface area (Å²) in [5.74, 6) is 0.656. The number of benzene rings is 1. The van der Waals surface area contributed by atoms with E-state index in [0.29, 0.717) is 12.4 Å². The zero-order valence-corrected chi connectivity index (χ0v) is 9.69. The molecule has 0 saturated heterocycles. The first-order valence-electron chi connectivity index (χ1n) is 5.91. The molecule has 0 saturated carbocycles. The van der Waals surface area contributed by atoms with E-state index in [1.165, 1.54) is 16.8 Å². The number of hydrogen-bond acceptors (Lipinski definition) is 4. The van der Waals surface area contributed by atoms with Crippen LogP contribution >= 0.6 is 0 Å². The third-order valence-electron chi connectivity index (χ3n) is 3.23. The molecular formula is C13H16N4. The van der Waals surface area contributed by atoms with Crippen LogP contribution in [0.25, 0.3) is 0 Å². The van der Waals surface area contributed by atoms with Gasteiger partial charge in [-0.3, -0.25) is 0 Å². The van der Waals surface area contributed by atoms with Crippen LogP contribution in [0.1, 0.15) is 11.1 Å². The van der Waals surface area contributed by atoms with Crippen LogP contribution in [0.3, 0.4) is 0 Å². The summed E-state index contributed by atoms with van der Waals surface area (Å²) in [5, 5.41) is 3.39. The van der Waals surface area contributed by atoms with Crippen LogP contribution in [0.15, 0.2) is 35.6 Å². The van der Waals surface area contributed by atoms with E-state index >= 15 is 0 Å². The van der Waals surface area contributed by atoms with Gasteiger partial charge >= 0.3 is 0 Å². The molecule has 0 unspecified atom stereocenters. The van der Waals surface area contributed by atoms with Crippen LogP contribution < -0.4 is 16.0 Å². The van der Waals surface area contributed by atoms with E-state index in [-0.39, 0.29) is 0 Å². The van der Waals surface area contributed by atoms with Gasteiger partial charge in [-0.2, -0.15) is 0 Å². The van der Waals surface area contributed by atoms with Gasteiger partial charge in [0.15, 0.2) is 0 Å². The highest BCUT2D eigenvalue weighted by molar-refractivity contribution is 5.87. The molecule has 0 aromatic heterocycles. The number of amidine groups is 1. The van der Waals surface area contributed by atoms with Crippen molar-refractivity contribution >= 4 is 11.5 Å². The third-order valence-corrected chi connectivity index (χ3v) is 3.23. The number of nitrogens with two attached hydrogens (primary N) is 1. The van der Waals surface area contributed by atoms with Crippen LogP contribution in [-0.2, 0) is 13.0 Å². The maximum Gasteiger partial charge on any atom is 0.119 e. The van der Waals surface area contributed by atoms with E-state index in [1.54, 1.807) is 6.20 Å². The maximum absolute atomic E-state index is 5.75. The fraction of sp³-hybridized carbons (Fsp3) is 0.308. The van der Waals surface area contributed by atoms with Crippen molar-refractivity contribution in [2.45, 2.75) is 13.0 Å². The second-order valence-corrected chi connectivity index (χ2v) is 4.43. The molecule has 4 nitrogen and oxygen atoms in total.